The van der Waals surface area contributed by atoms with E-state index in [0.717, 1.165) is 44.6 Å². The first-order chi connectivity index (χ1) is 16.9. The number of carbonyl (C=O) groups excluding carboxylic acids is 2. The van der Waals surface area contributed by atoms with Crippen LogP contribution in [0.1, 0.15) is 84.1 Å². The number of nitrogens with one attached hydrogen (secondary N) is 1. The fourth-order valence-corrected chi connectivity index (χ4v) is 6.73. The number of piperidine rings is 1. The van der Waals surface area contributed by atoms with Gasteiger partial charge in [0.15, 0.2) is 11.6 Å². The second-order valence-electron chi connectivity index (χ2n) is 12.3. The van der Waals surface area contributed by atoms with E-state index in [1.807, 2.05) is 4.90 Å². The minimum absolute atomic E-state index is 0.0112. The van der Waals surface area contributed by atoms with Crippen molar-refractivity contribution in [1.29, 1.82) is 0 Å². The van der Waals surface area contributed by atoms with Gasteiger partial charge in [-0.1, -0.05) is 20.8 Å². The molecule has 2 unspecified atom stereocenters. The average Bonchev–Trinajstić information content (AvgIpc) is 3.06. The molecular weight excluding hydrogens is 467 g/mol. The molecular formula is C28H40F3N3O2. The predicted octanol–water partition coefficient (Wildman–Crippen LogP) is 4.85. The Balaban J connectivity index is 1.27. The van der Waals surface area contributed by atoms with E-state index >= 15 is 0 Å². The Bertz CT molecular complexity index is 958. The third kappa shape index (κ3) is 6.06. The highest BCUT2D eigenvalue weighted by Crippen LogP contribution is 2.41. The lowest BCUT2D eigenvalue weighted by atomic mass is 9.71. The van der Waals surface area contributed by atoms with Gasteiger partial charge >= 0.3 is 0 Å². The number of nitrogens with zero attached hydrogens (tertiary/aromatic N) is 1. The van der Waals surface area contributed by atoms with E-state index in [1.165, 1.54) is 0 Å². The largest absolute Gasteiger partial charge is 0.353 e. The van der Waals surface area contributed by atoms with Gasteiger partial charge in [0, 0.05) is 30.2 Å². The van der Waals surface area contributed by atoms with Gasteiger partial charge in [0.25, 0.3) is 0 Å². The van der Waals surface area contributed by atoms with Crippen LogP contribution >= 0.6 is 0 Å². The first-order valence-corrected chi connectivity index (χ1v) is 13.4. The Kier molecular flexibility index (Phi) is 8.03. The van der Waals surface area contributed by atoms with Crippen molar-refractivity contribution in [2.75, 3.05) is 0 Å². The van der Waals surface area contributed by atoms with E-state index in [9.17, 15) is 22.8 Å². The van der Waals surface area contributed by atoms with Gasteiger partial charge in [0.05, 0.1) is 0 Å². The molecule has 2 bridgehead atoms. The van der Waals surface area contributed by atoms with Crippen molar-refractivity contribution in [3.63, 3.8) is 0 Å². The molecule has 1 aliphatic carbocycles. The van der Waals surface area contributed by atoms with Gasteiger partial charge in [0.2, 0.25) is 11.8 Å². The molecule has 3 N–H and O–H groups in total. The summed E-state index contributed by atoms with van der Waals surface area (Å²) in [6, 6.07) is 1.18. The van der Waals surface area contributed by atoms with Crippen molar-refractivity contribution in [2.24, 2.45) is 23.0 Å². The van der Waals surface area contributed by atoms with Gasteiger partial charge in [-0.15, -0.1) is 0 Å². The number of nitrogens with two attached hydrogens (primary N) is 1. The third-order valence-corrected chi connectivity index (χ3v) is 8.84. The quantitative estimate of drug-likeness (QED) is 0.427. The minimum Gasteiger partial charge on any atom is -0.353 e. The molecule has 5 nitrogen and oxygen atoms in total. The van der Waals surface area contributed by atoms with Crippen molar-refractivity contribution in [1.82, 2.24) is 10.2 Å². The maximum atomic E-state index is 14.1. The first-order valence-electron chi connectivity index (χ1n) is 13.4. The zero-order valence-corrected chi connectivity index (χ0v) is 21.7. The highest BCUT2D eigenvalue weighted by Gasteiger charge is 2.45. The van der Waals surface area contributed by atoms with Gasteiger partial charge in [0.1, 0.15) is 12.2 Å². The molecule has 0 aromatic heterocycles. The SMILES string of the molecule is CC(C)(C)C1CCC(NC(=O)CC(=O)N2C3CCC2CC([C@H](N)Cc2cc(F)c(F)cc2F)C3)CC1. The van der Waals surface area contributed by atoms with Crippen LogP contribution in [0.3, 0.4) is 0 Å². The number of rotatable bonds is 6. The smallest absolute Gasteiger partial charge is 0.232 e. The number of fused-ring (bicyclic) bond motifs is 2. The minimum atomic E-state index is -1.21. The number of carbonyl (C=O) groups is 2. The van der Waals surface area contributed by atoms with Crippen LogP contribution in [0.5, 0.6) is 0 Å². The van der Waals surface area contributed by atoms with Crippen LogP contribution in [-0.2, 0) is 16.0 Å². The maximum Gasteiger partial charge on any atom is 0.232 e. The second kappa shape index (κ2) is 10.7. The number of halogens is 3. The Labute approximate surface area is 212 Å². The van der Waals surface area contributed by atoms with E-state index in [-0.39, 0.29) is 59.7 Å². The molecule has 36 heavy (non-hydrogen) atoms. The van der Waals surface area contributed by atoms with Gasteiger partial charge in [-0.3, -0.25) is 9.59 Å². The molecule has 0 radical (unpaired) electrons. The van der Waals surface area contributed by atoms with Crippen molar-refractivity contribution < 1.29 is 22.8 Å². The maximum absolute atomic E-state index is 14.1. The molecule has 2 heterocycles. The van der Waals surface area contributed by atoms with E-state index in [2.05, 4.69) is 26.1 Å². The summed E-state index contributed by atoms with van der Waals surface area (Å²) in [4.78, 5) is 27.6. The molecule has 2 amide bonds. The Morgan fingerprint density at radius 1 is 0.972 bits per heavy atom. The van der Waals surface area contributed by atoms with Crippen LogP contribution in [0.4, 0.5) is 13.2 Å². The molecule has 0 spiro atoms. The number of benzene rings is 1. The Morgan fingerprint density at radius 2 is 1.56 bits per heavy atom. The molecule has 3 aliphatic rings. The average molecular weight is 508 g/mol. The zero-order chi connectivity index (χ0) is 26.2. The molecule has 2 saturated heterocycles. The highest BCUT2D eigenvalue weighted by atomic mass is 19.2. The first kappa shape index (κ1) is 27.0. The van der Waals surface area contributed by atoms with Crippen molar-refractivity contribution >= 4 is 11.8 Å². The summed E-state index contributed by atoms with van der Waals surface area (Å²) in [6.07, 6.45) is 7.13. The molecule has 1 aromatic rings. The fourth-order valence-electron chi connectivity index (χ4n) is 6.73. The number of hydrogen-bond donors (Lipinski definition) is 2. The van der Waals surface area contributed by atoms with Crippen LogP contribution < -0.4 is 11.1 Å². The normalized spacial score (nSPS) is 29.2. The van der Waals surface area contributed by atoms with Crippen molar-refractivity contribution in [2.45, 2.75) is 109 Å². The summed E-state index contributed by atoms with van der Waals surface area (Å²) < 4.78 is 40.9. The van der Waals surface area contributed by atoms with Crippen LogP contribution in [0.25, 0.3) is 0 Å². The lowest BCUT2D eigenvalue weighted by Gasteiger charge is -2.41. The Morgan fingerprint density at radius 3 is 2.14 bits per heavy atom. The zero-order valence-electron chi connectivity index (χ0n) is 21.7. The fraction of sp³-hybridized carbons (Fsp3) is 0.714. The molecule has 1 saturated carbocycles. The summed E-state index contributed by atoms with van der Waals surface area (Å²) in [6.45, 7) is 6.79. The summed E-state index contributed by atoms with van der Waals surface area (Å²) in [7, 11) is 0. The van der Waals surface area contributed by atoms with E-state index < -0.39 is 23.5 Å². The molecule has 3 fully saturated rings. The standard InChI is InChI=1S/C28H40F3N3O2/c1-28(2,3)18-4-6-19(7-5-18)33-26(35)15-27(36)34-20-8-9-21(34)11-17(10-20)25(32)13-16-12-23(30)24(31)14-22(16)29/h12,14,17-21,25H,4-11,13,15,32H2,1-3H3,(H,33,35)/t17?,18?,19?,20?,21?,25-/m1/s1. The topological polar surface area (TPSA) is 75.4 Å². The van der Waals surface area contributed by atoms with Crippen LogP contribution in [0.2, 0.25) is 0 Å². The molecule has 3 atom stereocenters. The van der Waals surface area contributed by atoms with Gasteiger partial charge in [-0.25, -0.2) is 13.2 Å². The number of hydrogen-bond acceptors (Lipinski definition) is 3. The van der Waals surface area contributed by atoms with Crippen LogP contribution in [0.15, 0.2) is 12.1 Å². The molecule has 4 rings (SSSR count). The van der Waals surface area contributed by atoms with Crippen molar-refractivity contribution in [3.8, 4) is 0 Å². The summed E-state index contributed by atoms with van der Waals surface area (Å²) in [5, 5.41) is 3.08. The summed E-state index contributed by atoms with van der Waals surface area (Å²) in [5.74, 6) is -2.72. The van der Waals surface area contributed by atoms with Crippen LogP contribution in [-0.4, -0.2) is 40.9 Å². The summed E-state index contributed by atoms with van der Waals surface area (Å²) >= 11 is 0. The van der Waals surface area contributed by atoms with Gasteiger partial charge < -0.3 is 16.0 Å². The lowest BCUT2D eigenvalue weighted by Crippen LogP contribution is -2.51. The predicted molar refractivity (Wildman–Crippen MR) is 132 cm³/mol. The summed E-state index contributed by atoms with van der Waals surface area (Å²) in [5.41, 5.74) is 6.73. The van der Waals surface area contributed by atoms with E-state index in [1.54, 1.807) is 0 Å². The van der Waals surface area contributed by atoms with E-state index in [4.69, 9.17) is 5.73 Å². The van der Waals surface area contributed by atoms with Gasteiger partial charge in [-0.05, 0) is 86.7 Å². The molecule has 200 valence electrons. The second-order valence-corrected chi connectivity index (χ2v) is 12.3. The molecule has 1 aromatic carbocycles. The van der Waals surface area contributed by atoms with Crippen molar-refractivity contribution in [3.05, 3.63) is 35.1 Å². The van der Waals surface area contributed by atoms with E-state index in [0.29, 0.717) is 24.8 Å². The highest BCUT2D eigenvalue weighted by molar-refractivity contribution is 5.97. The monoisotopic (exact) mass is 507 g/mol. The third-order valence-electron chi connectivity index (χ3n) is 8.84. The molecule has 2 aliphatic heterocycles. The number of amides is 2. The lowest BCUT2D eigenvalue weighted by molar-refractivity contribution is -0.140. The molecule has 8 heteroatoms. The van der Waals surface area contributed by atoms with Crippen LogP contribution in [0, 0.1) is 34.7 Å². The Hall–Kier alpha value is -2.09. The van der Waals surface area contributed by atoms with Gasteiger partial charge in [-0.2, -0.15) is 0 Å².